The molecule has 0 aromatic carbocycles. The number of likely N-dealkylation sites (tertiary alicyclic amines) is 1. The largest absolute Gasteiger partial charge is 0.480 e. The number of aliphatic hydroxyl groups excluding tert-OH is 1. The lowest BCUT2D eigenvalue weighted by Crippen LogP contribution is -2.56. The zero-order valence-corrected chi connectivity index (χ0v) is 11.0. The highest BCUT2D eigenvalue weighted by atomic mass is 16.5. The third kappa shape index (κ3) is 3.16. The van der Waals surface area contributed by atoms with Crippen molar-refractivity contribution in [3.63, 3.8) is 0 Å². The van der Waals surface area contributed by atoms with E-state index in [1.54, 1.807) is 0 Å². The number of carboxylic acids is 1. The summed E-state index contributed by atoms with van der Waals surface area (Å²) < 4.78 is 5.25. The van der Waals surface area contributed by atoms with E-state index in [-0.39, 0.29) is 18.5 Å². The van der Waals surface area contributed by atoms with Gasteiger partial charge >= 0.3 is 12.0 Å². The van der Waals surface area contributed by atoms with Crippen molar-refractivity contribution in [2.45, 2.75) is 43.9 Å². The summed E-state index contributed by atoms with van der Waals surface area (Å²) in [5, 5.41) is 21.5. The summed E-state index contributed by atoms with van der Waals surface area (Å²) in [6.45, 7) is 3.16. The van der Waals surface area contributed by atoms with Gasteiger partial charge in [-0.2, -0.15) is 0 Å². The minimum Gasteiger partial charge on any atom is -0.480 e. The van der Waals surface area contributed by atoms with Crippen LogP contribution in [-0.2, 0) is 9.53 Å². The summed E-state index contributed by atoms with van der Waals surface area (Å²) in [4.78, 5) is 24.5. The van der Waals surface area contributed by atoms with E-state index < -0.39 is 24.1 Å². The molecule has 2 saturated heterocycles. The normalized spacial score (nSPS) is 30.1. The van der Waals surface area contributed by atoms with Gasteiger partial charge in [0.25, 0.3) is 0 Å². The smallest absolute Gasteiger partial charge is 0.326 e. The lowest BCUT2D eigenvalue weighted by Gasteiger charge is -2.36. The first-order chi connectivity index (χ1) is 8.91. The number of carbonyl (C=O) groups excluding carboxylic acids is 1. The molecule has 0 aromatic rings. The van der Waals surface area contributed by atoms with Crippen molar-refractivity contribution in [3.8, 4) is 0 Å². The van der Waals surface area contributed by atoms with Crippen LogP contribution in [-0.4, -0.2) is 64.6 Å². The van der Waals surface area contributed by atoms with Gasteiger partial charge < -0.3 is 25.2 Å². The molecule has 7 heteroatoms. The molecule has 108 valence electrons. The summed E-state index contributed by atoms with van der Waals surface area (Å²) in [5.41, 5.74) is -0.369. The maximum absolute atomic E-state index is 12.2. The Morgan fingerprint density at radius 3 is 2.58 bits per heavy atom. The predicted octanol–water partition coefficient (Wildman–Crippen LogP) is -0.215. The number of hydrogen-bond donors (Lipinski definition) is 3. The Hall–Kier alpha value is -1.34. The zero-order chi connectivity index (χ0) is 14.0. The molecular formula is C12H20N2O5. The van der Waals surface area contributed by atoms with E-state index in [2.05, 4.69) is 5.32 Å². The molecule has 2 heterocycles. The molecule has 0 radical (unpaired) electrons. The number of nitrogens with one attached hydrogen (secondary N) is 1. The van der Waals surface area contributed by atoms with Gasteiger partial charge in [-0.05, 0) is 19.8 Å². The summed E-state index contributed by atoms with van der Waals surface area (Å²) >= 11 is 0. The van der Waals surface area contributed by atoms with Crippen LogP contribution in [0.25, 0.3) is 0 Å². The van der Waals surface area contributed by atoms with Gasteiger partial charge in [0.05, 0.1) is 6.10 Å². The van der Waals surface area contributed by atoms with E-state index in [1.807, 2.05) is 6.92 Å². The molecule has 0 aliphatic carbocycles. The van der Waals surface area contributed by atoms with E-state index in [4.69, 9.17) is 9.84 Å². The van der Waals surface area contributed by atoms with Gasteiger partial charge in [0.1, 0.15) is 6.04 Å². The van der Waals surface area contributed by atoms with Crippen LogP contribution in [0.4, 0.5) is 4.79 Å². The van der Waals surface area contributed by atoms with Crippen LogP contribution in [0.5, 0.6) is 0 Å². The molecule has 19 heavy (non-hydrogen) atoms. The van der Waals surface area contributed by atoms with Crippen LogP contribution < -0.4 is 5.32 Å². The second-order valence-electron chi connectivity index (χ2n) is 5.50. The van der Waals surface area contributed by atoms with Crippen LogP contribution in [0.15, 0.2) is 0 Å². The minimum atomic E-state index is -1.08. The number of aliphatic carboxylic acids is 1. The number of aliphatic hydroxyl groups is 1. The number of hydrogen-bond acceptors (Lipinski definition) is 4. The zero-order valence-electron chi connectivity index (χ0n) is 11.0. The lowest BCUT2D eigenvalue weighted by atomic mass is 9.93. The van der Waals surface area contributed by atoms with Gasteiger partial charge in [0.2, 0.25) is 0 Å². The second-order valence-corrected chi connectivity index (χ2v) is 5.50. The Labute approximate surface area is 111 Å². The van der Waals surface area contributed by atoms with Crippen LogP contribution in [0.1, 0.15) is 26.2 Å². The van der Waals surface area contributed by atoms with Gasteiger partial charge in [-0.25, -0.2) is 9.59 Å². The standard InChI is InChI=1S/C12H20N2O5/c1-12(2-4-19-5-3-12)13-11(18)14-7-8(15)6-9(14)10(16)17/h8-9,15H,2-7H2,1H3,(H,13,18)(H,16,17). The van der Waals surface area contributed by atoms with Gasteiger partial charge in [0.15, 0.2) is 0 Å². The maximum atomic E-state index is 12.2. The van der Waals surface area contributed by atoms with Gasteiger partial charge in [-0.15, -0.1) is 0 Å². The molecule has 2 rings (SSSR count). The number of amides is 2. The molecule has 2 amide bonds. The molecule has 2 aliphatic rings. The lowest BCUT2D eigenvalue weighted by molar-refractivity contribution is -0.141. The molecular weight excluding hydrogens is 252 g/mol. The highest BCUT2D eigenvalue weighted by molar-refractivity contribution is 5.83. The van der Waals surface area contributed by atoms with E-state index in [0.29, 0.717) is 26.1 Å². The van der Waals surface area contributed by atoms with Crippen molar-refractivity contribution in [2.75, 3.05) is 19.8 Å². The monoisotopic (exact) mass is 272 g/mol. The Kier molecular flexibility index (Phi) is 3.96. The van der Waals surface area contributed by atoms with Crippen LogP contribution in [0.2, 0.25) is 0 Å². The van der Waals surface area contributed by atoms with Crippen LogP contribution in [0, 0.1) is 0 Å². The highest BCUT2D eigenvalue weighted by Gasteiger charge is 2.41. The minimum absolute atomic E-state index is 0.0649. The fraction of sp³-hybridized carbons (Fsp3) is 0.833. The number of β-amino-alcohol motifs (C(OH)–C–C–N with tert-alkyl or cyclic N) is 1. The van der Waals surface area contributed by atoms with E-state index in [9.17, 15) is 14.7 Å². The van der Waals surface area contributed by atoms with E-state index in [0.717, 1.165) is 0 Å². The average Bonchev–Trinajstić information content (AvgIpc) is 2.72. The third-order valence-electron chi connectivity index (χ3n) is 3.83. The van der Waals surface area contributed by atoms with Crippen molar-refractivity contribution in [1.29, 1.82) is 0 Å². The number of ether oxygens (including phenoxy) is 1. The maximum Gasteiger partial charge on any atom is 0.326 e. The average molecular weight is 272 g/mol. The predicted molar refractivity (Wildman–Crippen MR) is 65.7 cm³/mol. The molecule has 2 atom stereocenters. The molecule has 0 aromatic heterocycles. The summed E-state index contributed by atoms with van der Waals surface area (Å²) in [6.07, 6.45) is 0.719. The number of nitrogens with zero attached hydrogens (tertiary/aromatic N) is 1. The topological polar surface area (TPSA) is 99.1 Å². The highest BCUT2D eigenvalue weighted by Crippen LogP contribution is 2.23. The first-order valence-electron chi connectivity index (χ1n) is 6.49. The number of urea groups is 1. The number of rotatable bonds is 2. The van der Waals surface area contributed by atoms with Crippen molar-refractivity contribution < 1.29 is 24.5 Å². The molecule has 7 nitrogen and oxygen atoms in total. The number of carboxylic acid groups (broad SMARTS) is 1. The van der Waals surface area contributed by atoms with Gasteiger partial charge in [0, 0.05) is 31.7 Å². The molecule has 3 N–H and O–H groups in total. The molecule has 2 aliphatic heterocycles. The first-order valence-corrected chi connectivity index (χ1v) is 6.49. The molecule has 0 saturated carbocycles. The van der Waals surface area contributed by atoms with E-state index in [1.165, 1.54) is 4.90 Å². The fourth-order valence-electron chi connectivity index (χ4n) is 2.55. The van der Waals surface area contributed by atoms with Crippen molar-refractivity contribution in [3.05, 3.63) is 0 Å². The number of carbonyl (C=O) groups is 2. The SMILES string of the molecule is CC1(NC(=O)N2CC(O)CC2C(=O)O)CCOCC1. The molecule has 2 unspecified atom stereocenters. The Bertz CT molecular complexity index is 367. The first kappa shape index (κ1) is 14.1. The van der Waals surface area contributed by atoms with Crippen LogP contribution >= 0.6 is 0 Å². The summed E-state index contributed by atoms with van der Waals surface area (Å²) in [7, 11) is 0. The molecule has 2 fully saturated rings. The summed E-state index contributed by atoms with van der Waals surface area (Å²) in [5.74, 6) is -1.08. The van der Waals surface area contributed by atoms with Crippen molar-refractivity contribution >= 4 is 12.0 Å². The summed E-state index contributed by atoms with van der Waals surface area (Å²) in [6, 6.07) is -1.37. The quantitative estimate of drug-likeness (QED) is 0.645. The Morgan fingerprint density at radius 1 is 1.37 bits per heavy atom. The Morgan fingerprint density at radius 2 is 2.00 bits per heavy atom. The molecule has 0 bridgehead atoms. The van der Waals surface area contributed by atoms with E-state index >= 15 is 0 Å². The Balaban J connectivity index is 2.00. The van der Waals surface area contributed by atoms with Crippen molar-refractivity contribution in [2.24, 2.45) is 0 Å². The van der Waals surface area contributed by atoms with Crippen LogP contribution in [0.3, 0.4) is 0 Å². The van der Waals surface area contributed by atoms with Gasteiger partial charge in [-0.3, -0.25) is 0 Å². The fourth-order valence-corrected chi connectivity index (χ4v) is 2.55. The second kappa shape index (κ2) is 5.34. The molecule has 0 spiro atoms. The van der Waals surface area contributed by atoms with Gasteiger partial charge in [-0.1, -0.05) is 0 Å². The van der Waals surface area contributed by atoms with Crippen molar-refractivity contribution in [1.82, 2.24) is 10.2 Å². The third-order valence-corrected chi connectivity index (χ3v) is 3.83.